The van der Waals surface area contributed by atoms with Crippen molar-refractivity contribution < 1.29 is 0 Å². The van der Waals surface area contributed by atoms with E-state index in [-0.39, 0.29) is 0 Å². The van der Waals surface area contributed by atoms with Crippen LogP contribution in [0.3, 0.4) is 0 Å². The molecular weight excluding hydrogens is 332 g/mol. The Morgan fingerprint density at radius 1 is 0.926 bits per heavy atom. The molecule has 0 unspecified atom stereocenters. The normalized spacial score (nSPS) is 19.3. The summed E-state index contributed by atoms with van der Waals surface area (Å²) >= 11 is 0. The number of piperidine rings is 1. The van der Waals surface area contributed by atoms with Gasteiger partial charge < -0.3 is 4.90 Å². The minimum Gasteiger partial charge on any atom is -0.303 e. The summed E-state index contributed by atoms with van der Waals surface area (Å²) in [5, 5.41) is 1.11. The number of hydrogen-bond donors (Lipinski definition) is 0. The highest BCUT2D eigenvalue weighted by Gasteiger charge is 2.25. The Bertz CT molecular complexity index is 912. The Balaban J connectivity index is 1.30. The summed E-state index contributed by atoms with van der Waals surface area (Å²) in [6.45, 7) is 3.75. The molecule has 4 heteroatoms. The molecule has 0 spiro atoms. The summed E-state index contributed by atoms with van der Waals surface area (Å²) in [5.74, 6) is 1.55. The van der Waals surface area contributed by atoms with Crippen LogP contribution >= 0.6 is 0 Å². The van der Waals surface area contributed by atoms with Gasteiger partial charge in [-0.15, -0.1) is 0 Å². The Labute approximate surface area is 160 Å². The average molecular weight is 358 g/mol. The summed E-state index contributed by atoms with van der Waals surface area (Å²) in [6, 6.07) is 10.6. The van der Waals surface area contributed by atoms with Crippen molar-refractivity contribution in [1.82, 2.24) is 19.9 Å². The zero-order valence-electron chi connectivity index (χ0n) is 15.7. The molecule has 2 fully saturated rings. The molecule has 4 heterocycles. The summed E-state index contributed by atoms with van der Waals surface area (Å²) < 4.78 is 0. The first kappa shape index (κ1) is 16.8. The van der Waals surface area contributed by atoms with Gasteiger partial charge in [0.25, 0.3) is 0 Å². The molecule has 4 nitrogen and oxygen atoms in total. The summed E-state index contributed by atoms with van der Waals surface area (Å²) in [5.41, 5.74) is 4.34. The van der Waals surface area contributed by atoms with Crippen LogP contribution in [0.2, 0.25) is 0 Å². The van der Waals surface area contributed by atoms with Crippen LogP contribution in [-0.4, -0.2) is 39.5 Å². The second-order valence-corrected chi connectivity index (χ2v) is 8.11. The molecule has 0 aromatic carbocycles. The van der Waals surface area contributed by atoms with Crippen molar-refractivity contribution in [2.24, 2.45) is 5.92 Å². The molecule has 1 aliphatic heterocycles. The van der Waals surface area contributed by atoms with Crippen LogP contribution in [0.15, 0.2) is 48.9 Å². The SMILES string of the molecule is c1cc(-c2cnc3nc(C4CCN(CC5CCC5)CC4)ccc3c2)ccn1. The number of hydrogen-bond acceptors (Lipinski definition) is 4. The first-order valence-electron chi connectivity index (χ1n) is 10.2. The fraction of sp³-hybridized carbons (Fsp3) is 0.435. The maximum atomic E-state index is 4.91. The van der Waals surface area contributed by atoms with E-state index in [2.05, 4.69) is 33.1 Å². The fourth-order valence-electron chi connectivity index (χ4n) is 4.41. The highest BCUT2D eigenvalue weighted by atomic mass is 15.1. The van der Waals surface area contributed by atoms with Gasteiger partial charge in [-0.25, -0.2) is 9.97 Å². The van der Waals surface area contributed by atoms with Crippen molar-refractivity contribution in [3.63, 3.8) is 0 Å². The van der Waals surface area contributed by atoms with E-state index in [0.29, 0.717) is 5.92 Å². The van der Waals surface area contributed by atoms with Crippen molar-refractivity contribution in [1.29, 1.82) is 0 Å². The van der Waals surface area contributed by atoms with Crippen molar-refractivity contribution in [3.05, 3.63) is 54.6 Å². The first-order chi connectivity index (χ1) is 13.3. The topological polar surface area (TPSA) is 41.9 Å². The highest BCUT2D eigenvalue weighted by molar-refractivity contribution is 5.80. The molecule has 27 heavy (non-hydrogen) atoms. The molecule has 3 aromatic heterocycles. The molecular formula is C23H26N4. The van der Waals surface area contributed by atoms with Crippen LogP contribution in [0.25, 0.3) is 22.2 Å². The minimum absolute atomic E-state index is 0.578. The van der Waals surface area contributed by atoms with E-state index in [1.807, 2.05) is 30.7 Å². The highest BCUT2D eigenvalue weighted by Crippen LogP contribution is 2.32. The Morgan fingerprint density at radius 2 is 1.74 bits per heavy atom. The smallest absolute Gasteiger partial charge is 0.159 e. The van der Waals surface area contributed by atoms with Gasteiger partial charge in [0.05, 0.1) is 0 Å². The molecule has 0 amide bonds. The maximum Gasteiger partial charge on any atom is 0.159 e. The lowest BCUT2D eigenvalue weighted by Crippen LogP contribution is -2.38. The predicted octanol–water partition coefficient (Wildman–Crippen LogP) is 4.67. The summed E-state index contributed by atoms with van der Waals surface area (Å²) in [6.07, 6.45) is 12.3. The van der Waals surface area contributed by atoms with E-state index in [4.69, 9.17) is 4.98 Å². The molecule has 1 saturated carbocycles. The molecule has 5 rings (SSSR count). The average Bonchev–Trinajstić information content (AvgIpc) is 2.71. The van der Waals surface area contributed by atoms with E-state index < -0.39 is 0 Å². The van der Waals surface area contributed by atoms with Gasteiger partial charge in [0.1, 0.15) is 0 Å². The van der Waals surface area contributed by atoms with E-state index >= 15 is 0 Å². The lowest BCUT2D eigenvalue weighted by Gasteiger charge is -2.36. The van der Waals surface area contributed by atoms with Gasteiger partial charge in [0.2, 0.25) is 0 Å². The Hall–Kier alpha value is -2.33. The van der Waals surface area contributed by atoms with E-state index in [1.165, 1.54) is 57.4 Å². The zero-order chi connectivity index (χ0) is 18.1. The van der Waals surface area contributed by atoms with Crippen LogP contribution in [0.4, 0.5) is 0 Å². The molecule has 138 valence electrons. The molecule has 1 saturated heterocycles. The van der Waals surface area contributed by atoms with Crippen LogP contribution < -0.4 is 0 Å². The van der Waals surface area contributed by atoms with Gasteiger partial charge in [0.15, 0.2) is 5.65 Å². The van der Waals surface area contributed by atoms with Crippen molar-refractivity contribution in [3.8, 4) is 11.1 Å². The molecule has 0 N–H and O–H groups in total. The van der Waals surface area contributed by atoms with Gasteiger partial charge in [0, 0.05) is 47.7 Å². The first-order valence-corrected chi connectivity index (χ1v) is 10.2. The summed E-state index contributed by atoms with van der Waals surface area (Å²) in [4.78, 5) is 16.3. The van der Waals surface area contributed by atoms with Gasteiger partial charge in [-0.1, -0.05) is 6.42 Å². The summed E-state index contributed by atoms with van der Waals surface area (Å²) in [7, 11) is 0. The molecule has 0 bridgehead atoms. The molecule has 3 aromatic rings. The largest absolute Gasteiger partial charge is 0.303 e. The number of pyridine rings is 3. The van der Waals surface area contributed by atoms with E-state index in [1.54, 1.807) is 0 Å². The molecule has 2 aliphatic rings. The quantitative estimate of drug-likeness (QED) is 0.679. The van der Waals surface area contributed by atoms with Crippen LogP contribution in [0, 0.1) is 5.92 Å². The van der Waals surface area contributed by atoms with Crippen molar-refractivity contribution >= 4 is 11.0 Å². The maximum absolute atomic E-state index is 4.91. The van der Waals surface area contributed by atoms with Gasteiger partial charge in [-0.05, 0) is 80.6 Å². The zero-order valence-corrected chi connectivity index (χ0v) is 15.7. The standard InChI is InChI=1S/C23H26N4/c1-2-17(3-1)16-27-12-8-19(9-13-27)22-5-4-20-14-21(15-25-23(20)26-22)18-6-10-24-11-7-18/h4-7,10-11,14-15,17,19H,1-3,8-9,12-13,16H2. The molecule has 1 aliphatic carbocycles. The Morgan fingerprint density at radius 3 is 2.48 bits per heavy atom. The number of fused-ring (bicyclic) bond motifs is 1. The van der Waals surface area contributed by atoms with Gasteiger partial charge >= 0.3 is 0 Å². The fourth-order valence-corrected chi connectivity index (χ4v) is 4.41. The Kier molecular flexibility index (Phi) is 4.58. The number of nitrogens with zero attached hydrogens (tertiary/aromatic N) is 4. The second kappa shape index (κ2) is 7.35. The van der Waals surface area contributed by atoms with Gasteiger partial charge in [-0.2, -0.15) is 0 Å². The van der Waals surface area contributed by atoms with Gasteiger partial charge in [-0.3, -0.25) is 4.98 Å². The van der Waals surface area contributed by atoms with E-state index in [9.17, 15) is 0 Å². The molecule has 0 atom stereocenters. The van der Waals surface area contributed by atoms with Crippen molar-refractivity contribution in [2.45, 2.75) is 38.0 Å². The lowest BCUT2D eigenvalue weighted by molar-refractivity contribution is 0.146. The van der Waals surface area contributed by atoms with Crippen LogP contribution in [0.5, 0.6) is 0 Å². The minimum atomic E-state index is 0.578. The van der Waals surface area contributed by atoms with Crippen molar-refractivity contribution in [2.75, 3.05) is 19.6 Å². The number of rotatable bonds is 4. The molecule has 0 radical (unpaired) electrons. The third-order valence-electron chi connectivity index (χ3n) is 6.32. The monoisotopic (exact) mass is 358 g/mol. The number of likely N-dealkylation sites (tertiary alicyclic amines) is 1. The lowest BCUT2D eigenvalue weighted by atomic mass is 9.84. The number of aromatic nitrogens is 3. The van der Waals surface area contributed by atoms with Crippen LogP contribution in [0.1, 0.15) is 43.7 Å². The van der Waals surface area contributed by atoms with Crippen LogP contribution in [-0.2, 0) is 0 Å². The third-order valence-corrected chi connectivity index (χ3v) is 6.32. The van der Waals surface area contributed by atoms with E-state index in [0.717, 1.165) is 28.1 Å². The predicted molar refractivity (Wildman–Crippen MR) is 109 cm³/mol. The second-order valence-electron chi connectivity index (χ2n) is 8.11. The third kappa shape index (κ3) is 3.59.